The van der Waals surface area contributed by atoms with Crippen molar-refractivity contribution in [2.75, 3.05) is 6.61 Å². The summed E-state index contributed by atoms with van der Waals surface area (Å²) in [5, 5.41) is 0. The van der Waals surface area contributed by atoms with Gasteiger partial charge in [-0.05, 0) is 18.9 Å². The first-order valence-corrected chi connectivity index (χ1v) is 6.77. The molecule has 0 N–H and O–H groups in total. The van der Waals surface area contributed by atoms with Crippen LogP contribution in [0.2, 0.25) is 0 Å². The van der Waals surface area contributed by atoms with E-state index in [0.29, 0.717) is 0 Å². The number of rotatable bonds is 0. The van der Waals surface area contributed by atoms with Crippen LogP contribution < -0.4 is 0 Å². The third-order valence-corrected chi connectivity index (χ3v) is 3.08. The van der Waals surface area contributed by atoms with E-state index in [1.165, 1.54) is 70.6 Å². The third kappa shape index (κ3) is 8.53. The van der Waals surface area contributed by atoms with Crippen molar-refractivity contribution in [3.8, 4) is 0 Å². The molecule has 0 aromatic rings. The van der Waals surface area contributed by atoms with Crippen molar-refractivity contribution in [1.82, 2.24) is 0 Å². The lowest BCUT2D eigenvalue weighted by Gasteiger charge is -2.01. The molecule has 0 aromatic heterocycles. The SMILES string of the molecule is C1=COCCC1.C1CCCCCCCC1. The van der Waals surface area contributed by atoms with E-state index in [0.717, 1.165) is 6.61 Å². The van der Waals surface area contributed by atoms with Gasteiger partial charge >= 0.3 is 0 Å². The molecule has 0 aromatic carbocycles. The van der Waals surface area contributed by atoms with Gasteiger partial charge in [0.05, 0.1) is 12.9 Å². The molecule has 1 fully saturated rings. The summed E-state index contributed by atoms with van der Waals surface area (Å²) in [7, 11) is 0. The van der Waals surface area contributed by atoms with Crippen molar-refractivity contribution >= 4 is 0 Å². The molecule has 1 saturated carbocycles. The van der Waals surface area contributed by atoms with E-state index in [1.807, 2.05) is 6.08 Å². The summed E-state index contributed by atoms with van der Waals surface area (Å²) in [6.07, 6.45) is 19.7. The molecule has 0 radical (unpaired) electrons. The van der Waals surface area contributed by atoms with Gasteiger partial charge < -0.3 is 4.74 Å². The Balaban J connectivity index is 0.000000162. The van der Waals surface area contributed by atoms with Crippen molar-refractivity contribution in [3.05, 3.63) is 12.3 Å². The highest BCUT2D eigenvalue weighted by molar-refractivity contribution is 4.76. The van der Waals surface area contributed by atoms with Crippen molar-refractivity contribution < 1.29 is 4.74 Å². The molecule has 0 atom stereocenters. The van der Waals surface area contributed by atoms with Crippen LogP contribution in [0.1, 0.15) is 70.6 Å². The Morgan fingerprint density at radius 2 is 1.07 bits per heavy atom. The maximum atomic E-state index is 4.89. The highest BCUT2D eigenvalue weighted by Gasteiger charge is 1.95. The van der Waals surface area contributed by atoms with Gasteiger partial charge in [-0.25, -0.2) is 0 Å². The van der Waals surface area contributed by atoms with Crippen LogP contribution in [0.5, 0.6) is 0 Å². The van der Waals surface area contributed by atoms with Crippen LogP contribution in [0, 0.1) is 0 Å². The van der Waals surface area contributed by atoms with E-state index in [2.05, 4.69) is 0 Å². The molecule has 0 saturated heterocycles. The molecule has 15 heavy (non-hydrogen) atoms. The smallest absolute Gasteiger partial charge is 0.0876 e. The standard InChI is InChI=1S/C9H18.C5H8O/c1-2-4-6-8-9-7-5-3-1;1-2-4-6-5-3-1/h1-9H2;2,4H,1,3,5H2. The molecule has 0 spiro atoms. The summed E-state index contributed by atoms with van der Waals surface area (Å²) in [4.78, 5) is 0. The largest absolute Gasteiger partial charge is 0.502 e. The first-order valence-electron chi connectivity index (χ1n) is 6.77. The second-order valence-electron chi connectivity index (χ2n) is 4.57. The predicted octanol–water partition coefficient (Wildman–Crippen LogP) is 4.82. The number of allylic oxidation sites excluding steroid dienone is 1. The van der Waals surface area contributed by atoms with Crippen LogP contribution in [0.3, 0.4) is 0 Å². The second-order valence-corrected chi connectivity index (χ2v) is 4.57. The topological polar surface area (TPSA) is 9.23 Å². The minimum atomic E-state index is 0.913. The summed E-state index contributed by atoms with van der Waals surface area (Å²) in [5.41, 5.74) is 0. The average Bonchev–Trinajstić information content (AvgIpc) is 2.47. The summed E-state index contributed by atoms with van der Waals surface area (Å²) in [6.45, 7) is 0.913. The van der Waals surface area contributed by atoms with Crippen LogP contribution >= 0.6 is 0 Å². The van der Waals surface area contributed by atoms with Gasteiger partial charge in [0.15, 0.2) is 0 Å². The lowest BCUT2D eigenvalue weighted by molar-refractivity contribution is 0.231. The molecular weight excluding hydrogens is 184 g/mol. The Bertz CT molecular complexity index is 115. The van der Waals surface area contributed by atoms with Gasteiger partial charge in [0.1, 0.15) is 0 Å². The normalized spacial score (nSPS) is 22.4. The van der Waals surface area contributed by atoms with Crippen LogP contribution in [0.15, 0.2) is 12.3 Å². The van der Waals surface area contributed by atoms with Crippen LogP contribution in [-0.4, -0.2) is 6.61 Å². The number of ether oxygens (including phenoxy) is 1. The van der Waals surface area contributed by atoms with E-state index in [-0.39, 0.29) is 0 Å². The Morgan fingerprint density at radius 1 is 0.600 bits per heavy atom. The van der Waals surface area contributed by atoms with Gasteiger partial charge in [0.25, 0.3) is 0 Å². The van der Waals surface area contributed by atoms with E-state index in [9.17, 15) is 0 Å². The van der Waals surface area contributed by atoms with E-state index >= 15 is 0 Å². The summed E-state index contributed by atoms with van der Waals surface area (Å²) < 4.78 is 4.89. The maximum Gasteiger partial charge on any atom is 0.0876 e. The highest BCUT2D eigenvalue weighted by Crippen LogP contribution is 2.15. The van der Waals surface area contributed by atoms with Gasteiger partial charge in [-0.1, -0.05) is 57.8 Å². The van der Waals surface area contributed by atoms with Crippen molar-refractivity contribution in [3.63, 3.8) is 0 Å². The van der Waals surface area contributed by atoms with Crippen molar-refractivity contribution in [2.24, 2.45) is 0 Å². The lowest BCUT2D eigenvalue weighted by atomic mass is 10.1. The first kappa shape index (κ1) is 12.6. The molecule has 2 rings (SSSR count). The fourth-order valence-electron chi connectivity index (χ4n) is 2.08. The molecule has 0 bridgehead atoms. The number of hydrogen-bond donors (Lipinski definition) is 0. The van der Waals surface area contributed by atoms with Gasteiger partial charge in [-0.2, -0.15) is 0 Å². The molecule has 2 aliphatic rings. The average molecular weight is 210 g/mol. The molecule has 0 unspecified atom stereocenters. The van der Waals surface area contributed by atoms with Crippen LogP contribution in [-0.2, 0) is 4.74 Å². The minimum Gasteiger partial charge on any atom is -0.502 e. The first-order chi connectivity index (χ1) is 7.50. The monoisotopic (exact) mass is 210 g/mol. The second kappa shape index (κ2) is 10.1. The highest BCUT2D eigenvalue weighted by atomic mass is 16.5. The Morgan fingerprint density at radius 3 is 1.20 bits per heavy atom. The summed E-state index contributed by atoms with van der Waals surface area (Å²) in [5.74, 6) is 0. The Labute approximate surface area is 94.9 Å². The molecule has 1 aliphatic carbocycles. The fourth-order valence-corrected chi connectivity index (χ4v) is 2.08. The van der Waals surface area contributed by atoms with Crippen molar-refractivity contribution in [1.29, 1.82) is 0 Å². The Hall–Kier alpha value is -0.460. The lowest BCUT2D eigenvalue weighted by Crippen LogP contribution is -1.90. The number of hydrogen-bond acceptors (Lipinski definition) is 1. The van der Waals surface area contributed by atoms with Gasteiger partial charge in [-0.15, -0.1) is 0 Å². The third-order valence-electron chi connectivity index (χ3n) is 3.08. The van der Waals surface area contributed by atoms with Gasteiger partial charge in [0.2, 0.25) is 0 Å². The maximum absolute atomic E-state index is 4.89. The van der Waals surface area contributed by atoms with Gasteiger partial charge in [0, 0.05) is 0 Å². The van der Waals surface area contributed by atoms with Crippen LogP contribution in [0.4, 0.5) is 0 Å². The van der Waals surface area contributed by atoms with Gasteiger partial charge in [-0.3, -0.25) is 0 Å². The fraction of sp³-hybridized carbons (Fsp3) is 0.857. The summed E-state index contributed by atoms with van der Waals surface area (Å²) in [6, 6.07) is 0. The minimum absolute atomic E-state index is 0.913. The van der Waals surface area contributed by atoms with E-state index in [4.69, 9.17) is 4.74 Å². The molecule has 0 amide bonds. The van der Waals surface area contributed by atoms with Crippen LogP contribution in [0.25, 0.3) is 0 Å². The molecule has 1 heterocycles. The van der Waals surface area contributed by atoms with E-state index in [1.54, 1.807) is 6.26 Å². The molecule has 88 valence electrons. The van der Waals surface area contributed by atoms with E-state index < -0.39 is 0 Å². The molecule has 1 nitrogen and oxygen atoms in total. The molecule has 1 heteroatoms. The summed E-state index contributed by atoms with van der Waals surface area (Å²) >= 11 is 0. The zero-order valence-corrected chi connectivity index (χ0v) is 10.0. The van der Waals surface area contributed by atoms with Crippen molar-refractivity contribution in [2.45, 2.75) is 70.6 Å². The quantitative estimate of drug-likeness (QED) is 0.557. The molecule has 1 aliphatic heterocycles. The zero-order valence-electron chi connectivity index (χ0n) is 10.0. The Kier molecular flexibility index (Phi) is 8.47. The predicted molar refractivity (Wildman–Crippen MR) is 65.9 cm³/mol. The zero-order chi connectivity index (χ0) is 10.6. The molecular formula is C14H26O.